The molecule has 1 aromatic carbocycles. The summed E-state index contributed by atoms with van der Waals surface area (Å²) in [6.45, 7) is 7.21. The van der Waals surface area contributed by atoms with Gasteiger partial charge < -0.3 is 4.57 Å². The van der Waals surface area contributed by atoms with Crippen LogP contribution in [0.4, 0.5) is 30.7 Å². The van der Waals surface area contributed by atoms with Crippen LogP contribution in [-0.2, 0) is 0 Å². The Morgan fingerprint density at radius 1 is 0.964 bits per heavy atom. The van der Waals surface area contributed by atoms with E-state index in [1.54, 1.807) is 19.9 Å². The Morgan fingerprint density at radius 3 is 2.14 bits per heavy atom. The van der Waals surface area contributed by atoms with E-state index in [-0.39, 0.29) is 5.56 Å². The number of aryl methyl sites for hydroxylation is 2. The molecule has 154 valence electrons. The number of hydrazone groups is 1. The van der Waals surface area contributed by atoms with Crippen molar-refractivity contribution in [3.05, 3.63) is 52.3 Å². The van der Waals surface area contributed by atoms with Gasteiger partial charge in [0.15, 0.2) is 0 Å². The van der Waals surface area contributed by atoms with Crippen molar-refractivity contribution in [1.82, 2.24) is 9.99 Å². The highest BCUT2D eigenvalue weighted by Gasteiger charge is 2.73. The van der Waals surface area contributed by atoms with Crippen molar-refractivity contribution in [2.24, 2.45) is 5.10 Å². The molecule has 1 N–H and O–H groups in total. The number of nitrogens with zero attached hydrogens (tertiary/aromatic N) is 2. The molecule has 0 unspecified atom stereocenters. The quantitative estimate of drug-likeness (QED) is 0.304. The maximum absolute atomic E-state index is 13.2. The zero-order valence-corrected chi connectivity index (χ0v) is 15.4. The number of hydrogen-bond acceptors (Lipinski definition) is 2. The monoisotopic (exact) mass is 409 g/mol. The Hall–Kier alpha value is -2.52. The van der Waals surface area contributed by atoms with Crippen molar-refractivity contribution >= 4 is 6.21 Å². The van der Waals surface area contributed by atoms with Gasteiger partial charge in [0.1, 0.15) is 0 Å². The number of benzene rings is 1. The number of halogens is 7. The largest absolute Gasteiger partial charge is 0.462 e. The normalized spacial score (nSPS) is 13.4. The first-order chi connectivity index (χ1) is 12.7. The van der Waals surface area contributed by atoms with E-state index in [2.05, 4.69) is 5.10 Å². The minimum absolute atomic E-state index is 0.289. The Balaban J connectivity index is 2.33. The van der Waals surface area contributed by atoms with Crippen molar-refractivity contribution in [2.45, 2.75) is 45.8 Å². The van der Waals surface area contributed by atoms with Crippen LogP contribution in [0.15, 0.2) is 29.4 Å². The zero-order chi connectivity index (χ0) is 21.5. The Labute approximate surface area is 156 Å². The van der Waals surface area contributed by atoms with Crippen LogP contribution in [0.2, 0.25) is 0 Å². The average molecular weight is 409 g/mol. The molecular formula is C18H18F7N3. The van der Waals surface area contributed by atoms with Crippen LogP contribution in [0, 0.1) is 27.7 Å². The summed E-state index contributed by atoms with van der Waals surface area (Å²) >= 11 is 0. The Morgan fingerprint density at radius 2 is 1.57 bits per heavy atom. The zero-order valence-electron chi connectivity index (χ0n) is 15.4. The molecule has 0 atom stereocenters. The number of nitrogens with one attached hydrogen (secondary N) is 1. The number of rotatable bonds is 5. The summed E-state index contributed by atoms with van der Waals surface area (Å²) in [7, 11) is 0. The summed E-state index contributed by atoms with van der Waals surface area (Å²) in [6.07, 6.45) is -5.64. The topological polar surface area (TPSA) is 29.3 Å². The third-order valence-corrected chi connectivity index (χ3v) is 4.45. The number of alkyl halides is 7. The highest BCUT2D eigenvalue weighted by Crippen LogP contribution is 2.45. The van der Waals surface area contributed by atoms with Gasteiger partial charge in [-0.1, -0.05) is 12.1 Å². The molecule has 1 heterocycles. The van der Waals surface area contributed by atoms with E-state index >= 15 is 0 Å². The molecule has 3 nitrogen and oxygen atoms in total. The molecule has 0 aliphatic heterocycles. The smallest absolute Gasteiger partial charge is 0.318 e. The number of hydrogen-bond donors (Lipinski definition) is 1. The van der Waals surface area contributed by atoms with Gasteiger partial charge in [-0.2, -0.15) is 35.8 Å². The van der Waals surface area contributed by atoms with Crippen molar-refractivity contribution in [1.29, 1.82) is 0 Å². The van der Waals surface area contributed by atoms with Gasteiger partial charge in [0.05, 0.1) is 6.21 Å². The molecule has 2 rings (SSSR count). The molecule has 0 aliphatic rings. The summed E-state index contributed by atoms with van der Waals surface area (Å²) in [5.74, 6) is -6.27. The molecule has 1 aromatic heterocycles. The molecule has 0 saturated carbocycles. The molecule has 0 spiro atoms. The number of aromatic nitrogens is 1. The highest BCUT2D eigenvalue weighted by atomic mass is 19.4. The molecular weight excluding hydrogens is 391 g/mol. The maximum atomic E-state index is 13.2. The van der Waals surface area contributed by atoms with Crippen LogP contribution in [-0.4, -0.2) is 28.9 Å². The summed E-state index contributed by atoms with van der Waals surface area (Å²) in [5, 5.41) is 2.92. The van der Waals surface area contributed by atoms with Crippen molar-refractivity contribution < 1.29 is 30.7 Å². The SMILES string of the molecule is Cc1cccc(-n2c(C)cc(/C=N/NC(F)(F)C(F)(F)C(F)(F)F)c2C)c1C. The van der Waals surface area contributed by atoms with Gasteiger partial charge in [0, 0.05) is 22.6 Å². The predicted molar refractivity (Wildman–Crippen MR) is 91.4 cm³/mol. The standard InChI is InChI=1S/C18H18F7N3/c1-10-6-5-7-15(12(10)3)28-11(2)8-14(13(28)4)9-26-27-18(24,25)16(19,20)17(21,22)23/h5-9,27H,1-4H3/b26-9+. The molecule has 0 aliphatic carbocycles. The van der Waals surface area contributed by atoms with Crippen LogP contribution >= 0.6 is 0 Å². The second kappa shape index (κ2) is 7.14. The lowest BCUT2D eigenvalue weighted by molar-refractivity contribution is -0.361. The minimum atomic E-state index is -6.42. The molecule has 0 amide bonds. The fourth-order valence-corrected chi connectivity index (χ4v) is 2.70. The van der Waals surface area contributed by atoms with Crippen molar-refractivity contribution in [2.75, 3.05) is 0 Å². The molecule has 0 bridgehead atoms. The highest BCUT2D eigenvalue weighted by molar-refractivity contribution is 5.82. The fraction of sp³-hybridized carbons (Fsp3) is 0.389. The lowest BCUT2D eigenvalue weighted by Gasteiger charge is -2.27. The minimum Gasteiger partial charge on any atom is -0.318 e. The van der Waals surface area contributed by atoms with Crippen LogP contribution in [0.3, 0.4) is 0 Å². The molecule has 0 fully saturated rings. The van der Waals surface area contributed by atoms with Crippen LogP contribution in [0.1, 0.15) is 28.1 Å². The summed E-state index contributed by atoms with van der Waals surface area (Å²) in [6, 6.07) is 1.57. The van der Waals surface area contributed by atoms with Crippen LogP contribution in [0.5, 0.6) is 0 Å². The van der Waals surface area contributed by atoms with Gasteiger partial charge in [-0.05, 0) is 51.0 Å². The predicted octanol–water partition coefficient (Wildman–Crippen LogP) is 5.42. The molecule has 0 saturated heterocycles. The van der Waals surface area contributed by atoms with Crippen molar-refractivity contribution in [3.63, 3.8) is 0 Å². The van der Waals surface area contributed by atoms with E-state index in [9.17, 15) is 30.7 Å². The third kappa shape index (κ3) is 3.72. The van der Waals surface area contributed by atoms with Crippen LogP contribution < -0.4 is 5.43 Å². The van der Waals surface area contributed by atoms with E-state index < -0.39 is 18.1 Å². The molecule has 2 aromatic rings. The van der Waals surface area contributed by atoms with E-state index in [0.29, 0.717) is 16.8 Å². The fourth-order valence-electron chi connectivity index (χ4n) is 2.70. The lowest BCUT2D eigenvalue weighted by atomic mass is 10.1. The van der Waals surface area contributed by atoms with Gasteiger partial charge in [-0.25, -0.2) is 5.43 Å². The van der Waals surface area contributed by atoms with Gasteiger partial charge in [-0.15, -0.1) is 0 Å². The second-order valence-electron chi connectivity index (χ2n) is 6.40. The Kier molecular flexibility index (Phi) is 5.55. The van der Waals surface area contributed by atoms with E-state index in [0.717, 1.165) is 23.0 Å². The van der Waals surface area contributed by atoms with E-state index in [4.69, 9.17) is 0 Å². The maximum Gasteiger partial charge on any atom is 0.462 e. The first kappa shape index (κ1) is 21.8. The summed E-state index contributed by atoms with van der Waals surface area (Å²) in [5.41, 5.74) is 5.01. The van der Waals surface area contributed by atoms with Gasteiger partial charge in [0.25, 0.3) is 0 Å². The van der Waals surface area contributed by atoms with E-state index in [1.807, 2.05) is 36.6 Å². The molecule has 28 heavy (non-hydrogen) atoms. The van der Waals surface area contributed by atoms with Gasteiger partial charge in [0.2, 0.25) is 0 Å². The molecule has 0 radical (unpaired) electrons. The van der Waals surface area contributed by atoms with Gasteiger partial charge >= 0.3 is 18.1 Å². The van der Waals surface area contributed by atoms with Crippen molar-refractivity contribution in [3.8, 4) is 5.69 Å². The Bertz CT molecular complexity index is 895. The lowest BCUT2D eigenvalue weighted by Crippen LogP contribution is -2.58. The first-order valence-electron chi connectivity index (χ1n) is 8.09. The molecule has 10 heteroatoms. The van der Waals surface area contributed by atoms with E-state index in [1.165, 1.54) is 0 Å². The summed E-state index contributed by atoms with van der Waals surface area (Å²) < 4.78 is 90.4. The van der Waals surface area contributed by atoms with Crippen LogP contribution in [0.25, 0.3) is 5.69 Å². The third-order valence-electron chi connectivity index (χ3n) is 4.45. The first-order valence-corrected chi connectivity index (χ1v) is 8.09. The second-order valence-corrected chi connectivity index (χ2v) is 6.40. The van der Waals surface area contributed by atoms with Gasteiger partial charge in [-0.3, -0.25) is 0 Å². The average Bonchev–Trinajstić information content (AvgIpc) is 2.83. The summed E-state index contributed by atoms with van der Waals surface area (Å²) in [4.78, 5) is 0.